The number of carboxylic acid groups (broad SMARTS) is 1. The zero-order chi connectivity index (χ0) is 16.5. The van der Waals surface area contributed by atoms with Crippen molar-refractivity contribution in [2.24, 2.45) is 11.8 Å². The normalized spacial score (nSPS) is 13.5. The molecule has 2 N–H and O–H groups in total. The maximum absolute atomic E-state index is 11.7. The first-order chi connectivity index (χ1) is 10.4. The summed E-state index contributed by atoms with van der Waals surface area (Å²) in [6.45, 7) is 5.92. The number of alkyl carbamates (subject to hydrolysis) is 1. The molecule has 0 aliphatic rings. The summed E-state index contributed by atoms with van der Waals surface area (Å²) in [4.78, 5) is 23.3. The number of rotatable bonds is 8. The molecular formula is C17H25NO4. The standard InChI is InChI=1S/C17H25NO4/c1-4-22-17(21)18-15(11-13-8-6-5-7-9-13)14(16(19)20)10-12(2)3/h5-9,12,14-15H,4,10-11H2,1-3H3,(H,18,21)(H,19,20)/t14-,15?/m1/s1. The number of nitrogens with one attached hydrogen (secondary N) is 1. The van der Waals surface area contributed by atoms with Crippen LogP contribution in [-0.2, 0) is 16.0 Å². The van der Waals surface area contributed by atoms with E-state index in [1.807, 2.05) is 44.2 Å². The Balaban J connectivity index is 2.92. The second kappa shape index (κ2) is 9.07. The Morgan fingerprint density at radius 1 is 1.23 bits per heavy atom. The third-order valence-corrected chi connectivity index (χ3v) is 3.41. The van der Waals surface area contributed by atoms with Gasteiger partial charge in [-0.1, -0.05) is 44.2 Å². The van der Waals surface area contributed by atoms with E-state index >= 15 is 0 Å². The Morgan fingerprint density at radius 3 is 2.36 bits per heavy atom. The van der Waals surface area contributed by atoms with Crippen LogP contribution in [0.1, 0.15) is 32.8 Å². The SMILES string of the molecule is CCOC(=O)NC(Cc1ccccc1)[C@@H](CC(C)C)C(=O)O. The number of benzene rings is 1. The first-order valence-corrected chi connectivity index (χ1v) is 7.64. The van der Waals surface area contributed by atoms with Crippen molar-refractivity contribution >= 4 is 12.1 Å². The molecule has 0 aromatic heterocycles. The predicted molar refractivity (Wildman–Crippen MR) is 84.7 cm³/mol. The van der Waals surface area contributed by atoms with Gasteiger partial charge in [-0.3, -0.25) is 4.79 Å². The van der Waals surface area contributed by atoms with Gasteiger partial charge in [-0.15, -0.1) is 0 Å². The van der Waals surface area contributed by atoms with E-state index in [9.17, 15) is 14.7 Å². The van der Waals surface area contributed by atoms with Crippen molar-refractivity contribution in [1.29, 1.82) is 0 Å². The Morgan fingerprint density at radius 2 is 1.86 bits per heavy atom. The Labute approximate surface area is 131 Å². The summed E-state index contributed by atoms with van der Waals surface area (Å²) in [6, 6.07) is 9.05. The van der Waals surface area contributed by atoms with E-state index in [0.29, 0.717) is 12.8 Å². The number of hydrogen-bond donors (Lipinski definition) is 2. The van der Waals surface area contributed by atoms with Gasteiger partial charge < -0.3 is 15.2 Å². The number of carbonyl (C=O) groups excluding carboxylic acids is 1. The minimum Gasteiger partial charge on any atom is -0.481 e. The van der Waals surface area contributed by atoms with E-state index in [1.165, 1.54) is 0 Å². The number of carboxylic acids is 1. The molecule has 0 aliphatic carbocycles. The van der Waals surface area contributed by atoms with Crippen LogP contribution in [0.5, 0.6) is 0 Å². The number of amides is 1. The van der Waals surface area contributed by atoms with Gasteiger partial charge in [0, 0.05) is 6.04 Å². The Kier molecular flexibility index (Phi) is 7.43. The molecule has 1 rings (SSSR count). The zero-order valence-corrected chi connectivity index (χ0v) is 13.4. The van der Waals surface area contributed by atoms with E-state index in [2.05, 4.69) is 5.32 Å². The third kappa shape index (κ3) is 6.16. The molecule has 0 saturated heterocycles. The molecule has 122 valence electrons. The summed E-state index contributed by atoms with van der Waals surface area (Å²) >= 11 is 0. The summed E-state index contributed by atoms with van der Waals surface area (Å²) in [6.07, 6.45) is 0.390. The monoisotopic (exact) mass is 307 g/mol. The van der Waals surface area contributed by atoms with Crippen molar-refractivity contribution in [1.82, 2.24) is 5.32 Å². The van der Waals surface area contributed by atoms with Crippen molar-refractivity contribution in [2.45, 2.75) is 39.7 Å². The number of ether oxygens (including phenoxy) is 1. The van der Waals surface area contributed by atoms with Crippen molar-refractivity contribution in [3.63, 3.8) is 0 Å². The molecule has 0 heterocycles. The van der Waals surface area contributed by atoms with Gasteiger partial charge in [-0.05, 0) is 31.2 Å². The van der Waals surface area contributed by atoms with Gasteiger partial charge in [0.15, 0.2) is 0 Å². The lowest BCUT2D eigenvalue weighted by Gasteiger charge is -2.26. The number of carbonyl (C=O) groups is 2. The largest absolute Gasteiger partial charge is 0.481 e. The van der Waals surface area contributed by atoms with Crippen molar-refractivity contribution in [3.05, 3.63) is 35.9 Å². The molecule has 0 fully saturated rings. The highest BCUT2D eigenvalue weighted by atomic mass is 16.5. The highest BCUT2D eigenvalue weighted by Gasteiger charge is 2.30. The Hall–Kier alpha value is -2.04. The molecule has 1 unspecified atom stereocenters. The van der Waals surface area contributed by atoms with Crippen LogP contribution in [0.2, 0.25) is 0 Å². The van der Waals surface area contributed by atoms with Crippen LogP contribution in [0.4, 0.5) is 4.79 Å². The van der Waals surface area contributed by atoms with E-state index < -0.39 is 24.0 Å². The predicted octanol–water partition coefficient (Wildman–Crippen LogP) is 3.09. The smallest absolute Gasteiger partial charge is 0.407 e. The van der Waals surface area contributed by atoms with Crippen molar-refractivity contribution in [2.75, 3.05) is 6.61 Å². The van der Waals surface area contributed by atoms with E-state index in [0.717, 1.165) is 5.56 Å². The second-order valence-corrected chi connectivity index (χ2v) is 5.74. The van der Waals surface area contributed by atoms with Gasteiger partial charge in [-0.25, -0.2) is 4.79 Å². The quantitative estimate of drug-likeness (QED) is 0.774. The van der Waals surface area contributed by atoms with E-state index in [-0.39, 0.29) is 12.5 Å². The molecule has 5 heteroatoms. The fourth-order valence-electron chi connectivity index (χ4n) is 2.43. The molecule has 1 amide bonds. The van der Waals surface area contributed by atoms with Gasteiger partial charge in [0.2, 0.25) is 0 Å². The van der Waals surface area contributed by atoms with Gasteiger partial charge in [0.1, 0.15) is 0 Å². The van der Waals surface area contributed by atoms with Crippen LogP contribution in [0.15, 0.2) is 30.3 Å². The molecule has 2 atom stereocenters. The minimum absolute atomic E-state index is 0.225. The van der Waals surface area contributed by atoms with Crippen molar-refractivity contribution in [3.8, 4) is 0 Å². The highest BCUT2D eigenvalue weighted by molar-refractivity contribution is 5.73. The third-order valence-electron chi connectivity index (χ3n) is 3.41. The minimum atomic E-state index is -0.897. The van der Waals surface area contributed by atoms with Gasteiger partial charge in [0.05, 0.1) is 12.5 Å². The van der Waals surface area contributed by atoms with Crippen LogP contribution in [-0.4, -0.2) is 29.8 Å². The average Bonchev–Trinajstić information content (AvgIpc) is 2.45. The number of aliphatic carboxylic acids is 1. The summed E-state index contributed by atoms with van der Waals surface area (Å²) in [5.41, 5.74) is 0.985. The molecule has 0 bridgehead atoms. The van der Waals surface area contributed by atoms with Crippen LogP contribution in [0, 0.1) is 11.8 Å². The van der Waals surface area contributed by atoms with Crippen LogP contribution < -0.4 is 5.32 Å². The zero-order valence-electron chi connectivity index (χ0n) is 13.4. The van der Waals surface area contributed by atoms with Gasteiger partial charge in [-0.2, -0.15) is 0 Å². The molecule has 22 heavy (non-hydrogen) atoms. The maximum atomic E-state index is 11.7. The molecule has 0 spiro atoms. The van der Waals surface area contributed by atoms with Crippen LogP contribution >= 0.6 is 0 Å². The molecule has 5 nitrogen and oxygen atoms in total. The first-order valence-electron chi connectivity index (χ1n) is 7.64. The molecule has 0 radical (unpaired) electrons. The summed E-state index contributed by atoms with van der Waals surface area (Å²) in [7, 11) is 0. The highest BCUT2D eigenvalue weighted by Crippen LogP contribution is 2.20. The van der Waals surface area contributed by atoms with Crippen LogP contribution in [0.25, 0.3) is 0 Å². The topological polar surface area (TPSA) is 75.6 Å². The summed E-state index contributed by atoms with van der Waals surface area (Å²) in [5.74, 6) is -1.32. The lowest BCUT2D eigenvalue weighted by atomic mass is 9.87. The lowest BCUT2D eigenvalue weighted by molar-refractivity contribution is -0.143. The van der Waals surface area contributed by atoms with E-state index in [4.69, 9.17) is 4.74 Å². The fourth-order valence-corrected chi connectivity index (χ4v) is 2.43. The van der Waals surface area contributed by atoms with Gasteiger partial charge in [0.25, 0.3) is 0 Å². The maximum Gasteiger partial charge on any atom is 0.407 e. The Bertz CT molecular complexity index is 473. The lowest BCUT2D eigenvalue weighted by Crippen LogP contribution is -2.45. The molecular weight excluding hydrogens is 282 g/mol. The summed E-state index contributed by atoms with van der Waals surface area (Å²) < 4.78 is 4.90. The fraction of sp³-hybridized carbons (Fsp3) is 0.529. The average molecular weight is 307 g/mol. The van der Waals surface area contributed by atoms with E-state index in [1.54, 1.807) is 6.92 Å². The molecule has 1 aromatic carbocycles. The molecule has 0 saturated carbocycles. The number of hydrogen-bond acceptors (Lipinski definition) is 3. The van der Waals surface area contributed by atoms with Crippen molar-refractivity contribution < 1.29 is 19.4 Å². The second-order valence-electron chi connectivity index (χ2n) is 5.74. The summed E-state index contributed by atoms with van der Waals surface area (Å²) in [5, 5.41) is 12.2. The van der Waals surface area contributed by atoms with Gasteiger partial charge >= 0.3 is 12.1 Å². The first kappa shape index (κ1) is 18.0. The molecule has 1 aromatic rings. The molecule has 0 aliphatic heterocycles. The van der Waals surface area contributed by atoms with Crippen LogP contribution in [0.3, 0.4) is 0 Å².